The third kappa shape index (κ3) is 2.83. The number of nitrogens with zero attached hydrogens (tertiary/aromatic N) is 2. The minimum atomic E-state index is -1.97. The Kier molecular flexibility index (Phi) is 4.18. The van der Waals surface area contributed by atoms with Crippen LogP contribution >= 0.6 is 15.9 Å². The third-order valence-corrected chi connectivity index (χ3v) is 4.73. The fourth-order valence-corrected chi connectivity index (χ4v) is 3.27. The molecule has 1 atom stereocenters. The second kappa shape index (κ2) is 6.05. The largest absolute Gasteiger partial charge is 0.375 e. The van der Waals surface area contributed by atoms with Gasteiger partial charge in [-0.15, -0.1) is 0 Å². The highest BCUT2D eigenvalue weighted by molar-refractivity contribution is 9.10. The van der Waals surface area contributed by atoms with Crippen LogP contribution in [0.4, 0.5) is 11.4 Å². The van der Waals surface area contributed by atoms with Crippen molar-refractivity contribution in [2.24, 2.45) is 0 Å². The van der Waals surface area contributed by atoms with Crippen molar-refractivity contribution in [2.75, 3.05) is 11.9 Å². The maximum absolute atomic E-state index is 12.5. The summed E-state index contributed by atoms with van der Waals surface area (Å²) < 4.78 is 0.676. The maximum atomic E-state index is 12.5. The zero-order valence-corrected chi connectivity index (χ0v) is 14.7. The summed E-state index contributed by atoms with van der Waals surface area (Å²) in [7, 11) is 1.53. The summed E-state index contributed by atoms with van der Waals surface area (Å²) in [6.07, 6.45) is -0.447. The van der Waals surface area contributed by atoms with Gasteiger partial charge in [-0.2, -0.15) is 0 Å². The van der Waals surface area contributed by atoms with E-state index in [-0.39, 0.29) is 11.3 Å². The zero-order chi connectivity index (χ0) is 18.4. The number of benzene rings is 2. The Balaban J connectivity index is 1.94. The number of non-ortho nitro benzene ring substituents is 1. The average Bonchev–Trinajstić information content (AvgIpc) is 2.76. The highest BCUT2D eigenvalue weighted by atomic mass is 79.9. The molecular weight excluding hydrogens is 392 g/mol. The Labute approximate surface area is 151 Å². The lowest BCUT2D eigenvalue weighted by Crippen LogP contribution is -2.40. The summed E-state index contributed by atoms with van der Waals surface area (Å²) in [6, 6.07) is 10.1. The number of likely N-dealkylation sites (N-methyl/N-ethyl adjacent to an activating group) is 1. The minimum absolute atomic E-state index is 0.138. The van der Waals surface area contributed by atoms with Gasteiger partial charge < -0.3 is 10.0 Å². The smallest absolute Gasteiger partial charge is 0.269 e. The van der Waals surface area contributed by atoms with Gasteiger partial charge in [0.15, 0.2) is 11.4 Å². The molecule has 0 saturated carbocycles. The molecule has 3 rings (SSSR count). The van der Waals surface area contributed by atoms with E-state index >= 15 is 0 Å². The van der Waals surface area contributed by atoms with Gasteiger partial charge in [0.25, 0.3) is 11.6 Å². The molecule has 1 aliphatic heterocycles. The van der Waals surface area contributed by atoms with Crippen LogP contribution in [0.2, 0.25) is 0 Å². The summed E-state index contributed by atoms with van der Waals surface area (Å²) >= 11 is 3.30. The first-order valence-corrected chi connectivity index (χ1v) is 8.11. The van der Waals surface area contributed by atoms with E-state index in [0.29, 0.717) is 15.7 Å². The van der Waals surface area contributed by atoms with Crippen LogP contribution in [0.25, 0.3) is 0 Å². The summed E-state index contributed by atoms with van der Waals surface area (Å²) in [5.41, 5.74) is -1.02. The molecule has 0 radical (unpaired) electrons. The summed E-state index contributed by atoms with van der Waals surface area (Å²) in [5, 5.41) is 21.6. The monoisotopic (exact) mass is 404 g/mol. The number of anilines is 1. The van der Waals surface area contributed by atoms with Crippen LogP contribution in [0.15, 0.2) is 46.9 Å². The van der Waals surface area contributed by atoms with Gasteiger partial charge in [-0.05, 0) is 30.3 Å². The number of nitro groups is 1. The molecular formula is C17H13BrN2O5. The number of fused-ring (bicyclic) bond motifs is 1. The second-order valence-corrected chi connectivity index (χ2v) is 6.71. The molecule has 0 spiro atoms. The topological polar surface area (TPSA) is 101 Å². The van der Waals surface area contributed by atoms with E-state index in [4.69, 9.17) is 0 Å². The van der Waals surface area contributed by atoms with Crippen LogP contribution in [0.1, 0.15) is 22.3 Å². The standard InChI is InChI=1S/C17H13BrN2O5/c1-19-14-7-4-11(18)8-13(14)17(23,16(19)22)9-15(21)10-2-5-12(6-3-10)20(24)25/h2-8,23H,9H2,1H3. The van der Waals surface area contributed by atoms with E-state index < -0.39 is 28.6 Å². The molecule has 2 aromatic rings. The van der Waals surface area contributed by atoms with E-state index in [9.17, 15) is 24.8 Å². The predicted octanol–water partition coefficient (Wildman–Crippen LogP) is 2.79. The number of hydrogen-bond acceptors (Lipinski definition) is 5. The first kappa shape index (κ1) is 17.2. The van der Waals surface area contributed by atoms with Gasteiger partial charge in [0.05, 0.1) is 17.0 Å². The number of carbonyl (C=O) groups is 2. The summed E-state index contributed by atoms with van der Waals surface area (Å²) in [5.74, 6) is -1.07. The number of Topliss-reactive ketones (excluding diaryl/α,β-unsaturated/α-hetero) is 1. The fourth-order valence-electron chi connectivity index (χ4n) is 2.91. The number of carbonyl (C=O) groups excluding carboxylic acids is 2. The molecule has 1 unspecified atom stereocenters. The molecule has 2 aromatic carbocycles. The van der Waals surface area contributed by atoms with Crippen LogP contribution in [-0.4, -0.2) is 28.8 Å². The Hall–Kier alpha value is -2.58. The Morgan fingerprint density at radius 3 is 2.52 bits per heavy atom. The lowest BCUT2D eigenvalue weighted by Gasteiger charge is -2.21. The summed E-state index contributed by atoms with van der Waals surface area (Å²) in [4.78, 5) is 36.5. The summed E-state index contributed by atoms with van der Waals surface area (Å²) in [6.45, 7) is 0. The molecule has 8 heteroatoms. The zero-order valence-electron chi connectivity index (χ0n) is 13.1. The molecule has 1 N–H and O–H groups in total. The number of nitro benzene ring substituents is 1. The van der Waals surface area contributed by atoms with E-state index in [1.807, 2.05) is 0 Å². The van der Waals surface area contributed by atoms with Crippen molar-refractivity contribution in [1.29, 1.82) is 0 Å². The highest BCUT2D eigenvalue weighted by Crippen LogP contribution is 2.43. The van der Waals surface area contributed by atoms with Crippen molar-refractivity contribution >= 4 is 39.0 Å². The number of rotatable bonds is 4. The van der Waals surface area contributed by atoms with Crippen molar-refractivity contribution in [3.63, 3.8) is 0 Å². The predicted molar refractivity (Wildman–Crippen MR) is 93.5 cm³/mol. The first-order valence-electron chi connectivity index (χ1n) is 7.32. The minimum Gasteiger partial charge on any atom is -0.375 e. The Bertz CT molecular complexity index is 896. The number of amides is 1. The van der Waals surface area contributed by atoms with Crippen molar-refractivity contribution in [2.45, 2.75) is 12.0 Å². The fraction of sp³-hybridized carbons (Fsp3) is 0.176. The molecule has 0 fully saturated rings. The van der Waals surface area contributed by atoms with Crippen LogP contribution < -0.4 is 4.90 Å². The molecule has 7 nitrogen and oxygen atoms in total. The lowest BCUT2D eigenvalue weighted by atomic mass is 9.88. The van der Waals surface area contributed by atoms with Crippen LogP contribution in [0.5, 0.6) is 0 Å². The van der Waals surface area contributed by atoms with Crippen molar-refractivity contribution < 1.29 is 19.6 Å². The lowest BCUT2D eigenvalue weighted by molar-refractivity contribution is -0.384. The molecule has 0 aromatic heterocycles. The Morgan fingerprint density at radius 2 is 1.92 bits per heavy atom. The molecule has 0 aliphatic carbocycles. The van der Waals surface area contributed by atoms with Gasteiger partial charge in [0.2, 0.25) is 0 Å². The van der Waals surface area contributed by atoms with E-state index in [1.165, 1.54) is 36.2 Å². The van der Waals surface area contributed by atoms with Crippen molar-refractivity contribution in [1.82, 2.24) is 0 Å². The molecule has 1 aliphatic rings. The van der Waals surface area contributed by atoms with Crippen molar-refractivity contribution in [3.8, 4) is 0 Å². The van der Waals surface area contributed by atoms with Crippen molar-refractivity contribution in [3.05, 3.63) is 68.2 Å². The van der Waals surface area contributed by atoms with E-state index in [2.05, 4.69) is 15.9 Å². The Morgan fingerprint density at radius 1 is 1.28 bits per heavy atom. The average molecular weight is 405 g/mol. The van der Waals surface area contributed by atoms with Crippen LogP contribution in [-0.2, 0) is 10.4 Å². The second-order valence-electron chi connectivity index (χ2n) is 5.79. The van der Waals surface area contributed by atoms with Gasteiger partial charge in [0, 0.05) is 34.8 Å². The molecule has 25 heavy (non-hydrogen) atoms. The van der Waals surface area contributed by atoms with Gasteiger partial charge in [-0.3, -0.25) is 19.7 Å². The molecule has 0 bridgehead atoms. The van der Waals surface area contributed by atoms with Gasteiger partial charge >= 0.3 is 0 Å². The molecule has 128 valence electrons. The molecule has 0 saturated heterocycles. The van der Waals surface area contributed by atoms with Gasteiger partial charge in [-0.1, -0.05) is 15.9 Å². The number of aliphatic hydroxyl groups is 1. The number of ketones is 1. The van der Waals surface area contributed by atoms with E-state index in [0.717, 1.165) is 0 Å². The first-order chi connectivity index (χ1) is 11.7. The molecule has 1 amide bonds. The normalized spacial score (nSPS) is 19.0. The van der Waals surface area contributed by atoms with Crippen LogP contribution in [0, 0.1) is 10.1 Å². The van der Waals surface area contributed by atoms with Gasteiger partial charge in [-0.25, -0.2) is 0 Å². The number of halogens is 1. The van der Waals surface area contributed by atoms with E-state index in [1.54, 1.807) is 18.2 Å². The quantitative estimate of drug-likeness (QED) is 0.479. The van der Waals surface area contributed by atoms with Gasteiger partial charge in [0.1, 0.15) is 0 Å². The number of hydrogen-bond donors (Lipinski definition) is 1. The van der Waals surface area contributed by atoms with Crippen LogP contribution in [0.3, 0.4) is 0 Å². The third-order valence-electron chi connectivity index (χ3n) is 4.24. The molecule has 1 heterocycles. The highest BCUT2D eigenvalue weighted by Gasteiger charge is 2.49. The maximum Gasteiger partial charge on any atom is 0.269 e. The SMILES string of the molecule is CN1C(=O)C(O)(CC(=O)c2ccc([N+](=O)[O-])cc2)c2cc(Br)ccc21.